The molecule has 0 amide bonds. The molecule has 1 aromatic heterocycles. The van der Waals surface area contributed by atoms with Crippen LogP contribution in [0.25, 0.3) is 0 Å². The molecule has 0 spiro atoms. The number of aryl methyl sites for hydroxylation is 1. The molecule has 5 heteroatoms. The first kappa shape index (κ1) is 17.9. The number of hydrogen-bond acceptors (Lipinski definition) is 4. The zero-order valence-corrected chi connectivity index (χ0v) is 15.1. The van der Waals surface area contributed by atoms with Gasteiger partial charge in [-0.2, -0.15) is 4.98 Å². The maximum atomic E-state index is 13.0. The van der Waals surface area contributed by atoms with Crippen LogP contribution in [0.1, 0.15) is 18.1 Å². The van der Waals surface area contributed by atoms with Gasteiger partial charge in [-0.25, -0.2) is 9.37 Å². The molecule has 0 unspecified atom stereocenters. The first-order valence-electron chi connectivity index (χ1n) is 8.81. The summed E-state index contributed by atoms with van der Waals surface area (Å²) in [4.78, 5) is 11.1. The van der Waals surface area contributed by atoms with E-state index in [0.717, 1.165) is 36.6 Å². The van der Waals surface area contributed by atoms with E-state index in [1.54, 1.807) is 18.3 Å². The Kier molecular flexibility index (Phi) is 5.79. The van der Waals surface area contributed by atoms with Gasteiger partial charge in [-0.05, 0) is 61.7 Å². The highest BCUT2D eigenvalue weighted by Crippen LogP contribution is 2.23. The maximum absolute atomic E-state index is 13.0. The van der Waals surface area contributed by atoms with Crippen molar-refractivity contribution in [3.8, 4) is 0 Å². The van der Waals surface area contributed by atoms with E-state index >= 15 is 0 Å². The van der Waals surface area contributed by atoms with E-state index in [0.29, 0.717) is 5.95 Å². The van der Waals surface area contributed by atoms with Crippen LogP contribution < -0.4 is 10.2 Å². The van der Waals surface area contributed by atoms with Crippen LogP contribution >= 0.6 is 0 Å². The summed E-state index contributed by atoms with van der Waals surface area (Å²) in [6.07, 6.45) is 2.57. The van der Waals surface area contributed by atoms with Crippen LogP contribution in [0.4, 0.5) is 21.8 Å². The van der Waals surface area contributed by atoms with E-state index in [4.69, 9.17) is 0 Å². The molecule has 26 heavy (non-hydrogen) atoms. The van der Waals surface area contributed by atoms with Crippen molar-refractivity contribution in [1.82, 2.24) is 9.97 Å². The minimum Gasteiger partial charge on any atom is -0.370 e. The Morgan fingerprint density at radius 2 is 1.88 bits per heavy atom. The number of anilines is 3. The quantitative estimate of drug-likeness (QED) is 0.668. The highest BCUT2D eigenvalue weighted by molar-refractivity contribution is 5.59. The first-order chi connectivity index (χ1) is 12.7. The third-order valence-electron chi connectivity index (χ3n) is 4.15. The molecule has 2 aromatic carbocycles. The Balaban J connectivity index is 1.67. The molecule has 1 heterocycles. The van der Waals surface area contributed by atoms with Crippen LogP contribution in [0.15, 0.2) is 60.8 Å². The normalized spacial score (nSPS) is 10.6. The van der Waals surface area contributed by atoms with Crippen molar-refractivity contribution in [3.63, 3.8) is 0 Å². The molecule has 3 rings (SSSR count). The fourth-order valence-electron chi connectivity index (χ4n) is 2.80. The summed E-state index contributed by atoms with van der Waals surface area (Å²) in [5.74, 6) is 1.24. The smallest absolute Gasteiger partial charge is 0.231 e. The van der Waals surface area contributed by atoms with Crippen molar-refractivity contribution < 1.29 is 4.39 Å². The standard InChI is InChI=1S/C21H23FN4/c1-3-26(19-6-4-5-16(2)15-19)21-24-14-12-20(25-21)23-13-11-17-7-9-18(22)10-8-17/h4-10,12,14-15H,3,11,13H2,1-2H3,(H,23,24,25). The number of halogens is 1. The fraction of sp³-hybridized carbons (Fsp3) is 0.238. The second-order valence-electron chi connectivity index (χ2n) is 6.13. The van der Waals surface area contributed by atoms with E-state index in [1.165, 1.54) is 17.7 Å². The average Bonchev–Trinajstić information content (AvgIpc) is 2.65. The monoisotopic (exact) mass is 350 g/mol. The Bertz CT molecular complexity index is 849. The predicted molar refractivity (Wildman–Crippen MR) is 104 cm³/mol. The second-order valence-corrected chi connectivity index (χ2v) is 6.13. The van der Waals surface area contributed by atoms with Gasteiger partial charge in [0.1, 0.15) is 11.6 Å². The molecule has 0 radical (unpaired) electrons. The van der Waals surface area contributed by atoms with Gasteiger partial charge in [0.2, 0.25) is 5.95 Å². The summed E-state index contributed by atoms with van der Waals surface area (Å²) >= 11 is 0. The first-order valence-corrected chi connectivity index (χ1v) is 8.81. The molecule has 0 aliphatic rings. The zero-order chi connectivity index (χ0) is 18.4. The van der Waals surface area contributed by atoms with Gasteiger partial charge >= 0.3 is 0 Å². The van der Waals surface area contributed by atoms with Crippen LogP contribution in [-0.2, 0) is 6.42 Å². The topological polar surface area (TPSA) is 41.1 Å². The minimum atomic E-state index is -0.210. The summed E-state index contributed by atoms with van der Waals surface area (Å²) in [5.41, 5.74) is 3.37. The van der Waals surface area contributed by atoms with Gasteiger partial charge in [-0.1, -0.05) is 24.3 Å². The molecule has 0 bridgehead atoms. The van der Waals surface area contributed by atoms with E-state index in [2.05, 4.69) is 52.2 Å². The molecular weight excluding hydrogens is 327 g/mol. The summed E-state index contributed by atoms with van der Waals surface area (Å²) in [5, 5.41) is 3.32. The lowest BCUT2D eigenvalue weighted by Gasteiger charge is -2.21. The fourth-order valence-corrected chi connectivity index (χ4v) is 2.80. The van der Waals surface area contributed by atoms with Gasteiger partial charge in [-0.3, -0.25) is 0 Å². The lowest BCUT2D eigenvalue weighted by Crippen LogP contribution is -2.19. The molecule has 3 aromatic rings. The van der Waals surface area contributed by atoms with E-state index in [-0.39, 0.29) is 5.82 Å². The number of rotatable bonds is 7. The highest BCUT2D eigenvalue weighted by atomic mass is 19.1. The van der Waals surface area contributed by atoms with Gasteiger partial charge in [0.15, 0.2) is 0 Å². The summed E-state index contributed by atoms with van der Waals surface area (Å²) < 4.78 is 13.0. The number of nitrogens with one attached hydrogen (secondary N) is 1. The van der Waals surface area contributed by atoms with Gasteiger partial charge in [-0.15, -0.1) is 0 Å². The van der Waals surface area contributed by atoms with Gasteiger partial charge in [0.25, 0.3) is 0 Å². The largest absolute Gasteiger partial charge is 0.370 e. The summed E-state index contributed by atoms with van der Waals surface area (Å²) in [6, 6.07) is 16.7. The average molecular weight is 350 g/mol. The second kappa shape index (κ2) is 8.43. The van der Waals surface area contributed by atoms with Crippen molar-refractivity contribution in [3.05, 3.63) is 77.7 Å². The molecule has 0 aliphatic heterocycles. The third-order valence-corrected chi connectivity index (χ3v) is 4.15. The van der Waals surface area contributed by atoms with E-state index in [9.17, 15) is 4.39 Å². The molecule has 0 atom stereocenters. The van der Waals surface area contributed by atoms with E-state index < -0.39 is 0 Å². The number of benzene rings is 2. The summed E-state index contributed by atoms with van der Waals surface area (Å²) in [6.45, 7) is 5.66. The van der Waals surface area contributed by atoms with Crippen molar-refractivity contribution in [2.75, 3.05) is 23.3 Å². The van der Waals surface area contributed by atoms with Crippen molar-refractivity contribution in [1.29, 1.82) is 0 Å². The van der Waals surface area contributed by atoms with Gasteiger partial charge in [0, 0.05) is 25.0 Å². The minimum absolute atomic E-state index is 0.210. The molecule has 0 fully saturated rings. The Labute approximate surface area is 153 Å². The molecule has 134 valence electrons. The Hall–Kier alpha value is -2.95. The van der Waals surface area contributed by atoms with Crippen molar-refractivity contribution in [2.45, 2.75) is 20.3 Å². The number of hydrogen-bond donors (Lipinski definition) is 1. The molecular formula is C21H23FN4. The van der Waals surface area contributed by atoms with Crippen LogP contribution in [-0.4, -0.2) is 23.1 Å². The Morgan fingerprint density at radius 1 is 1.08 bits per heavy atom. The highest BCUT2D eigenvalue weighted by Gasteiger charge is 2.11. The predicted octanol–water partition coefficient (Wildman–Crippen LogP) is 4.74. The SMILES string of the molecule is CCN(c1cccc(C)c1)c1nccc(NCCc2ccc(F)cc2)n1. The maximum Gasteiger partial charge on any atom is 0.231 e. The number of aromatic nitrogens is 2. The summed E-state index contributed by atoms with van der Waals surface area (Å²) in [7, 11) is 0. The van der Waals surface area contributed by atoms with Crippen LogP contribution in [0.3, 0.4) is 0 Å². The molecule has 1 N–H and O–H groups in total. The lowest BCUT2D eigenvalue weighted by atomic mass is 10.1. The van der Waals surface area contributed by atoms with Crippen LogP contribution in [0, 0.1) is 12.7 Å². The third kappa shape index (κ3) is 4.57. The van der Waals surface area contributed by atoms with Gasteiger partial charge in [0.05, 0.1) is 0 Å². The van der Waals surface area contributed by atoms with Gasteiger partial charge < -0.3 is 10.2 Å². The van der Waals surface area contributed by atoms with Crippen LogP contribution in [0.5, 0.6) is 0 Å². The van der Waals surface area contributed by atoms with Crippen molar-refractivity contribution in [2.24, 2.45) is 0 Å². The Morgan fingerprint density at radius 3 is 2.62 bits per heavy atom. The molecule has 4 nitrogen and oxygen atoms in total. The van der Waals surface area contributed by atoms with Crippen LogP contribution in [0.2, 0.25) is 0 Å². The zero-order valence-electron chi connectivity index (χ0n) is 15.1. The van der Waals surface area contributed by atoms with Crippen molar-refractivity contribution >= 4 is 17.5 Å². The molecule has 0 aliphatic carbocycles. The lowest BCUT2D eigenvalue weighted by molar-refractivity contribution is 0.627. The molecule has 0 saturated heterocycles. The number of nitrogens with zero attached hydrogens (tertiary/aromatic N) is 3. The van der Waals surface area contributed by atoms with E-state index in [1.807, 2.05) is 12.1 Å². The molecule has 0 saturated carbocycles.